The Balaban J connectivity index is 3.68. The quantitative estimate of drug-likeness (QED) is 0.526. The molecule has 0 aliphatic heterocycles. The zero-order valence-electron chi connectivity index (χ0n) is 8.26. The van der Waals surface area contributed by atoms with Crippen LogP contribution in [0.2, 0.25) is 0 Å². The lowest BCUT2D eigenvalue weighted by molar-refractivity contribution is -0.123. The summed E-state index contributed by atoms with van der Waals surface area (Å²) in [4.78, 5) is 21.6. The highest BCUT2D eigenvalue weighted by Gasteiger charge is 2.10. The van der Waals surface area contributed by atoms with Crippen LogP contribution in [0.5, 0.6) is 0 Å². The van der Waals surface area contributed by atoms with Crippen LogP contribution in [0.4, 0.5) is 0 Å². The first-order valence-electron chi connectivity index (χ1n) is 4.24. The summed E-state index contributed by atoms with van der Waals surface area (Å²) in [7, 11) is 0. The molecule has 0 aromatic rings. The van der Waals surface area contributed by atoms with E-state index in [1.807, 2.05) is 0 Å². The highest BCUT2D eigenvalue weighted by molar-refractivity contribution is 5.81. The summed E-state index contributed by atoms with van der Waals surface area (Å²) in [6.45, 7) is 5.27. The second kappa shape index (κ2) is 5.53. The van der Waals surface area contributed by atoms with Gasteiger partial charge in [0.2, 0.25) is 11.8 Å². The van der Waals surface area contributed by atoms with Gasteiger partial charge in [0.1, 0.15) is 0 Å². The molecule has 0 fully saturated rings. The van der Waals surface area contributed by atoms with Gasteiger partial charge in [-0.2, -0.15) is 0 Å². The molecule has 76 valence electrons. The van der Waals surface area contributed by atoms with E-state index in [1.54, 1.807) is 13.8 Å². The maximum atomic E-state index is 11.0. The summed E-state index contributed by atoms with van der Waals surface area (Å²) >= 11 is 0. The van der Waals surface area contributed by atoms with Crippen molar-refractivity contribution in [2.45, 2.75) is 32.9 Å². The fourth-order valence-electron chi connectivity index (χ4n) is 0.722. The van der Waals surface area contributed by atoms with Crippen molar-refractivity contribution in [3.63, 3.8) is 0 Å². The Morgan fingerprint density at radius 1 is 1.38 bits per heavy atom. The number of nitrogens with two attached hydrogens (primary N) is 1. The summed E-state index contributed by atoms with van der Waals surface area (Å²) in [5.41, 5.74) is 5.34. The Kier molecular flexibility index (Phi) is 5.06. The SMILES string of the molecule is CC(=O)NC[C@H](C)NC(=O)[C@@H](C)N. The standard InChI is InChI=1S/C8H17N3O2/c1-5(4-10-7(3)12)11-8(13)6(2)9/h5-6H,4,9H2,1-3H3,(H,10,12)(H,11,13)/t5-,6+/m0/s1. The number of carbonyl (C=O) groups excluding carboxylic acids is 2. The lowest BCUT2D eigenvalue weighted by Crippen LogP contribution is -2.46. The van der Waals surface area contributed by atoms with Gasteiger partial charge in [0.05, 0.1) is 6.04 Å². The molecule has 0 heterocycles. The summed E-state index contributed by atoms with van der Waals surface area (Å²) in [5, 5.41) is 5.25. The molecule has 5 heteroatoms. The van der Waals surface area contributed by atoms with Crippen molar-refractivity contribution in [3.8, 4) is 0 Å². The fourth-order valence-corrected chi connectivity index (χ4v) is 0.722. The second-order valence-electron chi connectivity index (χ2n) is 3.14. The molecular formula is C8H17N3O2. The molecule has 0 radical (unpaired) electrons. The van der Waals surface area contributed by atoms with E-state index in [1.165, 1.54) is 6.92 Å². The van der Waals surface area contributed by atoms with Crippen LogP contribution in [0, 0.1) is 0 Å². The molecule has 2 atom stereocenters. The minimum atomic E-state index is -0.514. The molecule has 0 bridgehead atoms. The molecular weight excluding hydrogens is 170 g/mol. The molecule has 0 aliphatic carbocycles. The van der Waals surface area contributed by atoms with Crippen molar-refractivity contribution in [2.24, 2.45) is 5.73 Å². The molecule has 0 unspecified atom stereocenters. The Morgan fingerprint density at radius 3 is 2.31 bits per heavy atom. The number of hydrogen-bond acceptors (Lipinski definition) is 3. The molecule has 13 heavy (non-hydrogen) atoms. The van der Waals surface area contributed by atoms with Gasteiger partial charge >= 0.3 is 0 Å². The van der Waals surface area contributed by atoms with Crippen molar-refractivity contribution >= 4 is 11.8 Å². The van der Waals surface area contributed by atoms with Gasteiger partial charge in [0, 0.05) is 19.5 Å². The molecule has 0 aromatic carbocycles. The zero-order valence-corrected chi connectivity index (χ0v) is 8.26. The van der Waals surface area contributed by atoms with Crippen LogP contribution < -0.4 is 16.4 Å². The number of carbonyl (C=O) groups is 2. The monoisotopic (exact) mass is 187 g/mol. The molecule has 0 saturated carbocycles. The molecule has 0 aliphatic rings. The summed E-state index contributed by atoms with van der Waals surface area (Å²) in [6, 6.07) is -0.609. The van der Waals surface area contributed by atoms with Gasteiger partial charge in [0.15, 0.2) is 0 Å². The van der Waals surface area contributed by atoms with Crippen LogP contribution >= 0.6 is 0 Å². The average Bonchev–Trinajstić information content (AvgIpc) is 2.00. The maximum Gasteiger partial charge on any atom is 0.236 e. The Hall–Kier alpha value is -1.10. The normalized spacial score (nSPS) is 14.5. The van der Waals surface area contributed by atoms with Crippen LogP contribution in [-0.2, 0) is 9.59 Å². The lowest BCUT2D eigenvalue weighted by Gasteiger charge is -2.15. The van der Waals surface area contributed by atoms with E-state index in [4.69, 9.17) is 5.73 Å². The van der Waals surface area contributed by atoms with E-state index < -0.39 is 6.04 Å². The lowest BCUT2D eigenvalue weighted by atomic mass is 10.3. The molecule has 5 nitrogen and oxygen atoms in total. The first kappa shape index (κ1) is 11.9. The second-order valence-corrected chi connectivity index (χ2v) is 3.14. The average molecular weight is 187 g/mol. The Labute approximate surface area is 78.1 Å². The minimum absolute atomic E-state index is 0.0950. The fraction of sp³-hybridized carbons (Fsp3) is 0.750. The molecule has 2 amide bonds. The van der Waals surface area contributed by atoms with Crippen LogP contribution in [0.3, 0.4) is 0 Å². The van der Waals surface area contributed by atoms with Crippen LogP contribution in [0.1, 0.15) is 20.8 Å². The van der Waals surface area contributed by atoms with Gasteiger partial charge in [-0.15, -0.1) is 0 Å². The first-order chi connectivity index (χ1) is 5.93. The van der Waals surface area contributed by atoms with Crippen LogP contribution in [0.15, 0.2) is 0 Å². The van der Waals surface area contributed by atoms with Crippen molar-refractivity contribution < 1.29 is 9.59 Å². The minimum Gasteiger partial charge on any atom is -0.354 e. The van der Waals surface area contributed by atoms with Crippen LogP contribution in [0.25, 0.3) is 0 Å². The smallest absolute Gasteiger partial charge is 0.236 e. The molecule has 0 aromatic heterocycles. The van der Waals surface area contributed by atoms with Gasteiger partial charge in [0.25, 0.3) is 0 Å². The van der Waals surface area contributed by atoms with E-state index in [-0.39, 0.29) is 17.9 Å². The summed E-state index contributed by atoms with van der Waals surface area (Å²) in [6.07, 6.45) is 0. The number of nitrogens with one attached hydrogen (secondary N) is 2. The van der Waals surface area contributed by atoms with Crippen LogP contribution in [-0.4, -0.2) is 30.4 Å². The van der Waals surface area contributed by atoms with E-state index in [0.717, 1.165) is 0 Å². The third kappa shape index (κ3) is 6.10. The molecule has 0 rings (SSSR count). The highest BCUT2D eigenvalue weighted by atomic mass is 16.2. The number of rotatable bonds is 4. The van der Waals surface area contributed by atoms with Gasteiger partial charge in [-0.05, 0) is 13.8 Å². The van der Waals surface area contributed by atoms with Crippen molar-refractivity contribution in [1.29, 1.82) is 0 Å². The topological polar surface area (TPSA) is 84.2 Å². The van der Waals surface area contributed by atoms with E-state index in [0.29, 0.717) is 6.54 Å². The molecule has 0 saturated heterocycles. The van der Waals surface area contributed by atoms with Crippen molar-refractivity contribution in [2.75, 3.05) is 6.54 Å². The number of hydrogen-bond donors (Lipinski definition) is 3. The highest BCUT2D eigenvalue weighted by Crippen LogP contribution is 1.82. The zero-order chi connectivity index (χ0) is 10.4. The van der Waals surface area contributed by atoms with E-state index in [2.05, 4.69) is 10.6 Å². The summed E-state index contributed by atoms with van der Waals surface area (Å²) < 4.78 is 0. The predicted molar refractivity (Wildman–Crippen MR) is 49.9 cm³/mol. The van der Waals surface area contributed by atoms with Gasteiger partial charge in [-0.3, -0.25) is 9.59 Å². The van der Waals surface area contributed by atoms with Gasteiger partial charge in [-0.25, -0.2) is 0 Å². The van der Waals surface area contributed by atoms with Gasteiger partial charge in [-0.1, -0.05) is 0 Å². The van der Waals surface area contributed by atoms with Crippen molar-refractivity contribution in [3.05, 3.63) is 0 Å². The third-order valence-electron chi connectivity index (χ3n) is 1.46. The maximum absolute atomic E-state index is 11.0. The predicted octanol–water partition coefficient (Wildman–Crippen LogP) is -1.03. The Morgan fingerprint density at radius 2 is 1.92 bits per heavy atom. The Bertz CT molecular complexity index is 192. The van der Waals surface area contributed by atoms with E-state index in [9.17, 15) is 9.59 Å². The van der Waals surface area contributed by atoms with E-state index >= 15 is 0 Å². The summed E-state index contributed by atoms with van der Waals surface area (Å²) in [5.74, 6) is -0.320. The number of amides is 2. The molecule has 4 N–H and O–H groups in total. The van der Waals surface area contributed by atoms with Crippen molar-refractivity contribution in [1.82, 2.24) is 10.6 Å². The molecule has 0 spiro atoms. The first-order valence-corrected chi connectivity index (χ1v) is 4.24. The third-order valence-corrected chi connectivity index (χ3v) is 1.46. The largest absolute Gasteiger partial charge is 0.354 e. The van der Waals surface area contributed by atoms with Gasteiger partial charge < -0.3 is 16.4 Å².